The lowest BCUT2D eigenvalue weighted by Gasteiger charge is -2.40. The van der Waals surface area contributed by atoms with Gasteiger partial charge in [-0.3, -0.25) is 5.32 Å². The second kappa shape index (κ2) is 14.1. The predicted molar refractivity (Wildman–Crippen MR) is 188 cm³/mol. The fraction of sp³-hybridized carbons (Fsp3) is 0.342. The van der Waals surface area contributed by atoms with Crippen LogP contribution >= 0.6 is 11.6 Å². The number of rotatable bonds is 13. The van der Waals surface area contributed by atoms with Crippen LogP contribution in [-0.2, 0) is 21.4 Å². The van der Waals surface area contributed by atoms with Gasteiger partial charge in [-0.1, -0.05) is 128 Å². The van der Waals surface area contributed by atoms with E-state index in [4.69, 9.17) is 20.9 Å². The van der Waals surface area contributed by atoms with Gasteiger partial charge in [0.05, 0.1) is 29.3 Å². The normalized spacial score (nSPS) is 16.3. The van der Waals surface area contributed by atoms with Gasteiger partial charge in [0.15, 0.2) is 5.82 Å². The summed E-state index contributed by atoms with van der Waals surface area (Å²) < 4.78 is 14.5. The largest absolute Gasteiger partial charge is 0.457 e. The Morgan fingerprint density at radius 2 is 1.26 bits per heavy atom. The number of halogens is 1. The molecule has 2 heterocycles. The van der Waals surface area contributed by atoms with E-state index in [2.05, 4.69) is 140 Å². The zero-order valence-corrected chi connectivity index (χ0v) is 28.4. The summed E-state index contributed by atoms with van der Waals surface area (Å²) in [5, 5.41) is 18.2. The molecule has 242 valence electrons. The van der Waals surface area contributed by atoms with Gasteiger partial charge in [0.25, 0.3) is 0 Å². The molecule has 1 unspecified atom stereocenters. The predicted octanol–water partition coefficient (Wildman–Crippen LogP) is 8.26. The smallest absolute Gasteiger partial charge is 0.403 e. The van der Waals surface area contributed by atoms with E-state index in [1.807, 2.05) is 28.9 Å². The Kier molecular flexibility index (Phi) is 9.94. The van der Waals surface area contributed by atoms with Gasteiger partial charge in [-0.15, -0.1) is 5.10 Å². The Hall–Kier alpha value is -3.82. The molecule has 1 fully saturated rings. The molecule has 0 amide bonds. The van der Waals surface area contributed by atoms with Crippen molar-refractivity contribution in [2.24, 2.45) is 0 Å². The minimum absolute atomic E-state index is 0.198. The van der Waals surface area contributed by atoms with E-state index in [0.29, 0.717) is 11.6 Å². The molecule has 0 radical (unpaired) electrons. The third kappa shape index (κ3) is 7.21. The van der Waals surface area contributed by atoms with Crippen molar-refractivity contribution in [3.8, 4) is 0 Å². The highest BCUT2D eigenvalue weighted by Crippen LogP contribution is 2.41. The zero-order valence-electron chi connectivity index (χ0n) is 27.6. The van der Waals surface area contributed by atoms with Crippen molar-refractivity contribution in [3.63, 3.8) is 0 Å². The Morgan fingerprint density at radius 3 is 1.77 bits per heavy atom. The summed E-state index contributed by atoms with van der Waals surface area (Å²) in [6, 6.07) is 39.6. The van der Waals surface area contributed by atoms with Crippen LogP contribution in [0.15, 0.2) is 115 Å². The molecule has 9 heteroatoms. The van der Waals surface area contributed by atoms with E-state index in [9.17, 15) is 0 Å². The number of nitrogens with one attached hydrogen (secondary N) is 1. The van der Waals surface area contributed by atoms with Crippen molar-refractivity contribution < 1.29 is 9.31 Å². The number of tetrazole rings is 1. The lowest BCUT2D eigenvalue weighted by molar-refractivity contribution is 0.00578. The number of aromatic nitrogens is 4. The molecular formula is C38H43BClN5O2. The van der Waals surface area contributed by atoms with E-state index in [-0.39, 0.29) is 24.4 Å². The Labute approximate surface area is 283 Å². The first-order chi connectivity index (χ1) is 22.7. The van der Waals surface area contributed by atoms with Gasteiger partial charge in [-0.2, -0.15) is 0 Å². The molecular weight excluding hydrogens is 605 g/mol. The first-order valence-corrected chi connectivity index (χ1v) is 16.9. The number of hydrogen-bond donors (Lipinski definition) is 1. The SMILES string of the molecule is CC1(C)OB(CCCCC(NC(c2ccccc2)(c2ccccc2)c2ccccc2)c2nnnn2Cc2ccc(Cl)cc2)OC1(C)C. The summed E-state index contributed by atoms with van der Waals surface area (Å²) in [7, 11) is -0.223. The van der Waals surface area contributed by atoms with Crippen LogP contribution < -0.4 is 5.32 Å². The summed E-state index contributed by atoms with van der Waals surface area (Å²) in [4.78, 5) is 0. The number of unbranched alkanes of at least 4 members (excludes halogenated alkanes) is 1. The number of benzene rings is 4. The number of nitrogens with zero attached hydrogens (tertiary/aromatic N) is 4. The Bertz CT molecular complexity index is 1600. The maximum absolute atomic E-state index is 6.31. The van der Waals surface area contributed by atoms with Crippen molar-refractivity contribution >= 4 is 18.7 Å². The molecule has 6 rings (SSSR count). The van der Waals surface area contributed by atoms with Crippen molar-refractivity contribution in [1.82, 2.24) is 25.5 Å². The Balaban J connectivity index is 1.37. The van der Waals surface area contributed by atoms with Crippen molar-refractivity contribution in [2.45, 2.75) is 82.6 Å². The van der Waals surface area contributed by atoms with Gasteiger partial charge in [0.1, 0.15) is 0 Å². The minimum atomic E-state index is -0.683. The molecule has 1 saturated heterocycles. The quantitative estimate of drug-likeness (QED) is 0.0788. The second-order valence-electron chi connectivity index (χ2n) is 13.3. The molecule has 5 aromatic rings. The van der Waals surface area contributed by atoms with Crippen LogP contribution in [0.2, 0.25) is 11.3 Å². The van der Waals surface area contributed by atoms with E-state index in [1.165, 1.54) is 0 Å². The first kappa shape index (κ1) is 33.1. The van der Waals surface area contributed by atoms with Crippen LogP contribution in [-0.4, -0.2) is 38.5 Å². The fourth-order valence-corrected chi connectivity index (χ4v) is 6.55. The fourth-order valence-electron chi connectivity index (χ4n) is 6.42. The van der Waals surface area contributed by atoms with Gasteiger partial charge in [0, 0.05) is 5.02 Å². The van der Waals surface area contributed by atoms with Crippen LogP contribution in [0.5, 0.6) is 0 Å². The monoisotopic (exact) mass is 647 g/mol. The standard InChI is InChI=1S/C38H43BClN5O2/c1-36(2)37(3,4)47-39(46-36)27-15-14-22-34(35-42-43-44-45(35)28-29-23-25-33(40)26-24-29)41-38(30-16-8-5-9-17-30,31-18-10-6-11-19-31)32-20-12-7-13-21-32/h5-13,16-21,23-26,34,41H,14-15,22,27-28H2,1-4H3. The molecule has 1 aromatic heterocycles. The van der Waals surface area contributed by atoms with Crippen LogP contribution in [0.25, 0.3) is 0 Å². The average molecular weight is 648 g/mol. The number of hydrogen-bond acceptors (Lipinski definition) is 6. The molecule has 47 heavy (non-hydrogen) atoms. The van der Waals surface area contributed by atoms with E-state index in [0.717, 1.165) is 53.7 Å². The summed E-state index contributed by atoms with van der Waals surface area (Å²) in [5.74, 6) is 0.780. The van der Waals surface area contributed by atoms with E-state index >= 15 is 0 Å². The first-order valence-electron chi connectivity index (χ1n) is 16.5. The Morgan fingerprint density at radius 1 is 0.745 bits per heavy atom. The van der Waals surface area contributed by atoms with E-state index in [1.54, 1.807) is 0 Å². The summed E-state index contributed by atoms with van der Waals surface area (Å²) in [6.07, 6.45) is 3.47. The second-order valence-corrected chi connectivity index (χ2v) is 13.8. The molecule has 0 spiro atoms. The maximum Gasteiger partial charge on any atom is 0.457 e. The molecule has 1 aliphatic rings. The third-order valence-corrected chi connectivity index (χ3v) is 9.86. The van der Waals surface area contributed by atoms with Crippen LogP contribution in [0.4, 0.5) is 0 Å². The van der Waals surface area contributed by atoms with Crippen LogP contribution in [0, 0.1) is 0 Å². The van der Waals surface area contributed by atoms with Crippen molar-refractivity contribution in [3.05, 3.63) is 148 Å². The molecule has 1 N–H and O–H groups in total. The van der Waals surface area contributed by atoms with Gasteiger partial charge < -0.3 is 9.31 Å². The highest BCUT2D eigenvalue weighted by Gasteiger charge is 2.50. The van der Waals surface area contributed by atoms with Crippen LogP contribution in [0.1, 0.15) is 81.1 Å². The highest BCUT2D eigenvalue weighted by atomic mass is 35.5. The molecule has 7 nitrogen and oxygen atoms in total. The van der Waals surface area contributed by atoms with Gasteiger partial charge in [-0.25, -0.2) is 4.68 Å². The van der Waals surface area contributed by atoms with E-state index < -0.39 is 5.54 Å². The zero-order chi connectivity index (χ0) is 32.9. The molecule has 0 saturated carbocycles. The summed E-state index contributed by atoms with van der Waals surface area (Å²) >= 11 is 6.20. The van der Waals surface area contributed by atoms with Crippen molar-refractivity contribution in [1.29, 1.82) is 0 Å². The molecule has 1 aliphatic heterocycles. The van der Waals surface area contributed by atoms with Gasteiger partial charge >= 0.3 is 7.12 Å². The molecule has 0 bridgehead atoms. The van der Waals surface area contributed by atoms with Gasteiger partial charge in [0.2, 0.25) is 0 Å². The minimum Gasteiger partial charge on any atom is -0.403 e. The topological polar surface area (TPSA) is 74.1 Å². The maximum atomic E-state index is 6.31. The van der Waals surface area contributed by atoms with Crippen LogP contribution in [0.3, 0.4) is 0 Å². The lowest BCUT2D eigenvalue weighted by atomic mass is 9.76. The molecule has 4 aromatic carbocycles. The van der Waals surface area contributed by atoms with Gasteiger partial charge in [-0.05, 0) is 85.2 Å². The average Bonchev–Trinajstić information content (AvgIpc) is 3.62. The van der Waals surface area contributed by atoms with Crippen molar-refractivity contribution in [2.75, 3.05) is 0 Å². The summed E-state index contributed by atoms with van der Waals surface area (Å²) in [5.41, 5.74) is 3.11. The summed E-state index contributed by atoms with van der Waals surface area (Å²) in [6.45, 7) is 8.93. The lowest BCUT2D eigenvalue weighted by Crippen LogP contribution is -2.47. The highest BCUT2D eigenvalue weighted by molar-refractivity contribution is 6.45. The third-order valence-electron chi connectivity index (χ3n) is 9.61. The molecule has 1 atom stereocenters. The molecule has 0 aliphatic carbocycles.